The van der Waals surface area contributed by atoms with E-state index < -0.39 is 5.63 Å². The number of hydrogen-bond acceptors (Lipinski definition) is 5. The number of halogens is 1. The van der Waals surface area contributed by atoms with Crippen LogP contribution in [0, 0.1) is 0 Å². The third-order valence-electron chi connectivity index (χ3n) is 3.79. The van der Waals surface area contributed by atoms with Gasteiger partial charge < -0.3 is 14.3 Å². The third kappa shape index (κ3) is 4.53. The van der Waals surface area contributed by atoms with E-state index in [1.807, 2.05) is 24.1 Å². The zero-order chi connectivity index (χ0) is 17.8. The number of benzene rings is 2. The molecule has 0 spiro atoms. The van der Waals surface area contributed by atoms with Gasteiger partial charge in [-0.1, -0.05) is 17.7 Å². The second-order valence-electron chi connectivity index (χ2n) is 5.81. The Morgan fingerprint density at radius 2 is 2.04 bits per heavy atom. The summed E-state index contributed by atoms with van der Waals surface area (Å²) >= 11 is 5.93. The lowest BCUT2D eigenvalue weighted by Crippen LogP contribution is -2.24. The summed E-state index contributed by atoms with van der Waals surface area (Å²) in [5.74, 6) is 0.790. The van der Waals surface area contributed by atoms with E-state index in [1.165, 1.54) is 12.1 Å². The molecule has 0 aliphatic carbocycles. The number of ether oxygens (including phenoxy) is 1. The Hall–Kier alpha value is -2.50. The molecule has 0 bridgehead atoms. The number of phenolic OH excluding ortho intramolecular Hbond substituents is 1. The minimum absolute atomic E-state index is 0.0658. The fourth-order valence-electron chi connectivity index (χ4n) is 2.60. The van der Waals surface area contributed by atoms with Gasteiger partial charge in [0.2, 0.25) is 0 Å². The minimum atomic E-state index is -0.434. The Labute approximate surface area is 150 Å². The normalized spacial score (nSPS) is 11.2. The second kappa shape index (κ2) is 7.59. The first-order valence-corrected chi connectivity index (χ1v) is 8.22. The number of aromatic hydroxyl groups is 1. The Morgan fingerprint density at radius 1 is 1.20 bits per heavy atom. The van der Waals surface area contributed by atoms with Crippen LogP contribution in [0.25, 0.3) is 11.0 Å². The highest BCUT2D eigenvalue weighted by Crippen LogP contribution is 2.22. The molecule has 0 aliphatic rings. The number of likely N-dealkylation sites (N-methyl/N-ethyl adjacent to an activating group) is 1. The Balaban J connectivity index is 1.65. The molecule has 25 heavy (non-hydrogen) atoms. The van der Waals surface area contributed by atoms with Crippen molar-refractivity contribution < 1.29 is 14.3 Å². The molecule has 0 atom stereocenters. The van der Waals surface area contributed by atoms with Crippen molar-refractivity contribution in [2.45, 2.75) is 6.54 Å². The van der Waals surface area contributed by atoms with Crippen LogP contribution in [-0.2, 0) is 6.54 Å². The number of hydrogen-bond donors (Lipinski definition) is 1. The van der Waals surface area contributed by atoms with Gasteiger partial charge in [-0.2, -0.15) is 0 Å². The van der Waals surface area contributed by atoms with E-state index in [1.54, 1.807) is 24.3 Å². The van der Waals surface area contributed by atoms with E-state index in [9.17, 15) is 9.90 Å². The maximum Gasteiger partial charge on any atom is 0.336 e. The Bertz CT molecular complexity index is 938. The van der Waals surface area contributed by atoms with Crippen molar-refractivity contribution in [1.29, 1.82) is 0 Å². The smallest absolute Gasteiger partial charge is 0.336 e. The Morgan fingerprint density at radius 3 is 2.84 bits per heavy atom. The van der Waals surface area contributed by atoms with Gasteiger partial charge in [-0.05, 0) is 42.9 Å². The van der Waals surface area contributed by atoms with Crippen LogP contribution >= 0.6 is 11.6 Å². The highest BCUT2D eigenvalue weighted by molar-refractivity contribution is 6.30. The van der Waals surface area contributed by atoms with Crippen molar-refractivity contribution in [3.63, 3.8) is 0 Å². The van der Waals surface area contributed by atoms with Crippen LogP contribution in [0.3, 0.4) is 0 Å². The van der Waals surface area contributed by atoms with E-state index in [-0.39, 0.29) is 5.75 Å². The minimum Gasteiger partial charge on any atom is -0.508 e. The molecule has 5 nitrogen and oxygen atoms in total. The third-order valence-corrected chi connectivity index (χ3v) is 4.03. The number of fused-ring (bicyclic) bond motifs is 1. The molecule has 1 aromatic heterocycles. The van der Waals surface area contributed by atoms with Crippen molar-refractivity contribution in [2.24, 2.45) is 0 Å². The summed E-state index contributed by atoms with van der Waals surface area (Å²) in [4.78, 5) is 13.8. The SMILES string of the molecule is CN(CCOc1cccc(Cl)c1)Cc1cc(=O)oc2cc(O)ccc12. The van der Waals surface area contributed by atoms with Gasteiger partial charge in [-0.15, -0.1) is 0 Å². The number of phenols is 1. The van der Waals surface area contributed by atoms with Crippen LogP contribution in [0.5, 0.6) is 11.5 Å². The summed E-state index contributed by atoms with van der Waals surface area (Å²) in [6.45, 7) is 1.73. The van der Waals surface area contributed by atoms with Crippen LogP contribution in [0.2, 0.25) is 5.02 Å². The standard InChI is InChI=1S/C19H18ClNO4/c1-21(7-8-24-16-4-2-3-14(20)10-16)12-13-9-19(23)25-18-11-15(22)5-6-17(13)18/h2-6,9-11,22H,7-8,12H2,1H3. The monoisotopic (exact) mass is 359 g/mol. The molecule has 0 saturated carbocycles. The summed E-state index contributed by atoms with van der Waals surface area (Å²) in [5.41, 5.74) is 0.791. The molecule has 6 heteroatoms. The first-order chi connectivity index (χ1) is 12.0. The zero-order valence-electron chi connectivity index (χ0n) is 13.7. The van der Waals surface area contributed by atoms with Gasteiger partial charge in [0.25, 0.3) is 0 Å². The molecule has 2 aromatic carbocycles. The molecular weight excluding hydrogens is 342 g/mol. The summed E-state index contributed by atoms with van der Waals surface area (Å²) in [7, 11) is 1.95. The van der Waals surface area contributed by atoms with Gasteiger partial charge in [-0.25, -0.2) is 4.79 Å². The van der Waals surface area contributed by atoms with Gasteiger partial charge in [-0.3, -0.25) is 4.90 Å². The van der Waals surface area contributed by atoms with Crippen molar-refractivity contribution in [2.75, 3.05) is 20.2 Å². The molecule has 3 aromatic rings. The zero-order valence-corrected chi connectivity index (χ0v) is 14.5. The maximum atomic E-state index is 11.7. The largest absolute Gasteiger partial charge is 0.508 e. The molecule has 0 unspecified atom stereocenters. The fourth-order valence-corrected chi connectivity index (χ4v) is 2.78. The highest BCUT2D eigenvalue weighted by atomic mass is 35.5. The van der Waals surface area contributed by atoms with Gasteiger partial charge in [0.15, 0.2) is 0 Å². The molecule has 1 heterocycles. The molecule has 0 amide bonds. The van der Waals surface area contributed by atoms with Crippen LogP contribution in [0.1, 0.15) is 5.56 Å². The average molecular weight is 360 g/mol. The molecule has 130 valence electrons. The van der Waals surface area contributed by atoms with Gasteiger partial charge in [0.1, 0.15) is 23.7 Å². The summed E-state index contributed by atoms with van der Waals surface area (Å²) in [6.07, 6.45) is 0. The molecular formula is C19H18ClNO4. The number of nitrogens with zero attached hydrogens (tertiary/aromatic N) is 1. The molecule has 0 saturated heterocycles. The summed E-state index contributed by atoms with van der Waals surface area (Å²) in [6, 6.07) is 13.5. The van der Waals surface area contributed by atoms with E-state index in [0.29, 0.717) is 30.3 Å². The molecule has 0 fully saturated rings. The predicted molar refractivity (Wildman–Crippen MR) is 97.4 cm³/mol. The van der Waals surface area contributed by atoms with Crippen molar-refractivity contribution in [3.05, 3.63) is 69.5 Å². The van der Waals surface area contributed by atoms with E-state index in [0.717, 1.165) is 16.7 Å². The van der Waals surface area contributed by atoms with Gasteiger partial charge in [0.05, 0.1) is 0 Å². The maximum absolute atomic E-state index is 11.7. The lowest BCUT2D eigenvalue weighted by molar-refractivity contribution is 0.233. The number of rotatable bonds is 6. The van der Waals surface area contributed by atoms with Gasteiger partial charge >= 0.3 is 5.63 Å². The van der Waals surface area contributed by atoms with Crippen molar-refractivity contribution in [3.8, 4) is 11.5 Å². The fraction of sp³-hybridized carbons (Fsp3) is 0.211. The molecule has 3 rings (SSSR count). The topological polar surface area (TPSA) is 62.9 Å². The molecule has 0 aliphatic heterocycles. The highest BCUT2D eigenvalue weighted by Gasteiger charge is 2.09. The molecule has 1 N–H and O–H groups in total. The second-order valence-corrected chi connectivity index (χ2v) is 6.25. The average Bonchev–Trinajstić information content (AvgIpc) is 2.54. The van der Waals surface area contributed by atoms with Crippen LogP contribution in [-0.4, -0.2) is 30.2 Å². The van der Waals surface area contributed by atoms with E-state index >= 15 is 0 Å². The van der Waals surface area contributed by atoms with Crippen LogP contribution < -0.4 is 10.4 Å². The summed E-state index contributed by atoms with van der Waals surface area (Å²) in [5, 5.41) is 11.0. The first kappa shape index (κ1) is 17.3. The van der Waals surface area contributed by atoms with Gasteiger partial charge in [0, 0.05) is 35.6 Å². The van der Waals surface area contributed by atoms with Crippen LogP contribution in [0.15, 0.2) is 57.7 Å². The first-order valence-electron chi connectivity index (χ1n) is 7.84. The predicted octanol–water partition coefficient (Wildman–Crippen LogP) is 3.66. The van der Waals surface area contributed by atoms with Crippen molar-refractivity contribution >= 4 is 22.6 Å². The van der Waals surface area contributed by atoms with Crippen LogP contribution in [0.4, 0.5) is 0 Å². The van der Waals surface area contributed by atoms with E-state index in [2.05, 4.69) is 0 Å². The lowest BCUT2D eigenvalue weighted by atomic mass is 10.1. The van der Waals surface area contributed by atoms with Crippen molar-refractivity contribution in [1.82, 2.24) is 4.90 Å². The molecule has 0 radical (unpaired) electrons. The quantitative estimate of drug-likeness (QED) is 0.680. The lowest BCUT2D eigenvalue weighted by Gasteiger charge is -2.18. The summed E-state index contributed by atoms with van der Waals surface area (Å²) < 4.78 is 10.8. The Kier molecular flexibility index (Phi) is 5.26. The van der Waals surface area contributed by atoms with E-state index in [4.69, 9.17) is 20.8 Å².